The van der Waals surface area contributed by atoms with Crippen LogP contribution >= 0.6 is 11.6 Å². The highest BCUT2D eigenvalue weighted by molar-refractivity contribution is 6.31. The Bertz CT molecular complexity index is 1080. The molecule has 0 radical (unpaired) electrons. The van der Waals surface area contributed by atoms with Crippen LogP contribution in [-0.4, -0.2) is 17.8 Å². The standard InChI is InChI=1S/C23H18ClFN2O2/c1-28-15-11-9-14(10-12-15)19-13-20-16-5-2-3-8-21(16)29-23(27(20)26-19)22-17(24)6-4-7-18(22)25/h2-12,20,23H,13H2,1H3/t20-,23-/m0/s1. The molecule has 29 heavy (non-hydrogen) atoms. The number of rotatable bonds is 3. The minimum Gasteiger partial charge on any atom is -0.497 e. The minimum absolute atomic E-state index is 0.0577. The van der Waals surface area contributed by atoms with Crippen LogP contribution in [0.2, 0.25) is 5.02 Å². The number of ether oxygens (including phenoxy) is 2. The van der Waals surface area contributed by atoms with Crippen LogP contribution in [0, 0.1) is 5.82 Å². The van der Waals surface area contributed by atoms with E-state index in [4.69, 9.17) is 26.2 Å². The zero-order chi connectivity index (χ0) is 20.0. The van der Waals surface area contributed by atoms with Gasteiger partial charge in [-0.05, 0) is 48.0 Å². The Labute approximate surface area is 173 Å². The summed E-state index contributed by atoms with van der Waals surface area (Å²) in [5, 5.41) is 6.98. The van der Waals surface area contributed by atoms with Crippen molar-refractivity contribution in [3.8, 4) is 11.5 Å². The van der Waals surface area contributed by atoms with E-state index in [2.05, 4.69) is 0 Å². The normalized spacial score (nSPS) is 19.8. The van der Waals surface area contributed by atoms with Gasteiger partial charge in [-0.15, -0.1) is 0 Å². The van der Waals surface area contributed by atoms with Crippen LogP contribution in [0.1, 0.15) is 35.4 Å². The molecule has 2 aliphatic heterocycles. The van der Waals surface area contributed by atoms with Gasteiger partial charge in [0.25, 0.3) is 0 Å². The minimum atomic E-state index is -0.737. The molecule has 2 atom stereocenters. The molecule has 2 heterocycles. The van der Waals surface area contributed by atoms with Crippen molar-refractivity contribution in [3.63, 3.8) is 0 Å². The first-order valence-corrected chi connectivity index (χ1v) is 9.73. The quantitative estimate of drug-likeness (QED) is 0.555. The lowest BCUT2D eigenvalue weighted by Gasteiger charge is -2.38. The third-order valence-electron chi connectivity index (χ3n) is 5.37. The van der Waals surface area contributed by atoms with E-state index in [0.29, 0.717) is 17.0 Å². The molecule has 5 rings (SSSR count). The molecule has 0 N–H and O–H groups in total. The number of para-hydroxylation sites is 1. The Morgan fingerprint density at radius 3 is 2.62 bits per heavy atom. The van der Waals surface area contributed by atoms with E-state index in [-0.39, 0.29) is 6.04 Å². The third-order valence-corrected chi connectivity index (χ3v) is 5.70. The Kier molecular flexibility index (Phi) is 4.40. The van der Waals surface area contributed by atoms with Gasteiger partial charge in [-0.1, -0.05) is 35.9 Å². The topological polar surface area (TPSA) is 34.1 Å². The summed E-state index contributed by atoms with van der Waals surface area (Å²) in [6.45, 7) is 0. The summed E-state index contributed by atoms with van der Waals surface area (Å²) in [6, 6.07) is 20.2. The van der Waals surface area contributed by atoms with Gasteiger partial charge in [-0.25, -0.2) is 9.40 Å². The molecule has 0 fully saturated rings. The molecule has 0 aromatic heterocycles. The molecule has 0 aliphatic carbocycles. The number of hydrogen-bond acceptors (Lipinski definition) is 4. The first-order valence-electron chi connectivity index (χ1n) is 9.35. The molecule has 0 amide bonds. The van der Waals surface area contributed by atoms with Crippen molar-refractivity contribution in [3.05, 3.63) is 94.3 Å². The summed E-state index contributed by atoms with van der Waals surface area (Å²) in [5.74, 6) is 1.10. The first kappa shape index (κ1) is 18.0. The van der Waals surface area contributed by atoms with E-state index in [1.807, 2.05) is 53.5 Å². The van der Waals surface area contributed by atoms with Gasteiger partial charge in [0.05, 0.1) is 29.4 Å². The van der Waals surface area contributed by atoms with Crippen LogP contribution < -0.4 is 9.47 Å². The predicted molar refractivity (Wildman–Crippen MR) is 110 cm³/mol. The summed E-state index contributed by atoms with van der Waals surface area (Å²) in [7, 11) is 1.64. The average molecular weight is 409 g/mol. The van der Waals surface area contributed by atoms with Crippen LogP contribution in [0.3, 0.4) is 0 Å². The van der Waals surface area contributed by atoms with Crippen molar-refractivity contribution in [1.29, 1.82) is 0 Å². The lowest BCUT2D eigenvalue weighted by Crippen LogP contribution is -2.34. The van der Waals surface area contributed by atoms with E-state index < -0.39 is 12.0 Å². The van der Waals surface area contributed by atoms with Crippen molar-refractivity contribution < 1.29 is 13.9 Å². The van der Waals surface area contributed by atoms with Gasteiger partial charge >= 0.3 is 0 Å². The fraction of sp³-hybridized carbons (Fsp3) is 0.174. The highest BCUT2D eigenvalue weighted by Crippen LogP contribution is 2.48. The molecule has 0 bridgehead atoms. The van der Waals surface area contributed by atoms with Crippen LogP contribution in [-0.2, 0) is 0 Å². The summed E-state index contributed by atoms with van der Waals surface area (Å²) < 4.78 is 26.2. The second kappa shape index (κ2) is 7.08. The Morgan fingerprint density at radius 1 is 1.07 bits per heavy atom. The van der Waals surface area contributed by atoms with E-state index >= 15 is 0 Å². The molecule has 6 heteroatoms. The SMILES string of the molecule is COc1ccc(C2=NN3[C@@H](C2)c2ccccc2O[C@H]3c2c(F)cccc2Cl)cc1. The van der Waals surface area contributed by atoms with Crippen LogP contribution in [0.5, 0.6) is 11.5 Å². The van der Waals surface area contributed by atoms with Gasteiger partial charge in [0.15, 0.2) is 0 Å². The number of halogens is 2. The van der Waals surface area contributed by atoms with E-state index in [1.165, 1.54) is 6.07 Å². The Hall–Kier alpha value is -3.05. The van der Waals surface area contributed by atoms with Crippen molar-refractivity contribution >= 4 is 17.3 Å². The highest BCUT2D eigenvalue weighted by atomic mass is 35.5. The third kappa shape index (κ3) is 3.02. The Morgan fingerprint density at radius 2 is 1.86 bits per heavy atom. The second-order valence-electron chi connectivity index (χ2n) is 7.02. The number of fused-ring (bicyclic) bond motifs is 3. The number of hydrazone groups is 1. The average Bonchev–Trinajstić information content (AvgIpc) is 3.19. The molecular weight excluding hydrogens is 391 g/mol. The molecule has 3 aromatic carbocycles. The predicted octanol–water partition coefficient (Wildman–Crippen LogP) is 5.73. The van der Waals surface area contributed by atoms with Crippen molar-refractivity contribution in [2.45, 2.75) is 18.7 Å². The molecule has 0 unspecified atom stereocenters. The highest BCUT2D eigenvalue weighted by Gasteiger charge is 2.42. The molecule has 2 aliphatic rings. The van der Waals surface area contributed by atoms with Gasteiger partial charge in [0.1, 0.15) is 17.3 Å². The van der Waals surface area contributed by atoms with Gasteiger partial charge in [0, 0.05) is 12.0 Å². The monoisotopic (exact) mass is 408 g/mol. The van der Waals surface area contributed by atoms with Gasteiger partial charge < -0.3 is 9.47 Å². The number of methoxy groups -OCH3 is 1. The van der Waals surface area contributed by atoms with E-state index in [1.54, 1.807) is 19.2 Å². The van der Waals surface area contributed by atoms with E-state index in [0.717, 1.165) is 28.3 Å². The van der Waals surface area contributed by atoms with Crippen LogP contribution in [0.25, 0.3) is 0 Å². The molecule has 3 aromatic rings. The summed E-state index contributed by atoms with van der Waals surface area (Å²) in [6.07, 6.45) is -0.0470. The molecule has 146 valence electrons. The lowest BCUT2D eigenvalue weighted by molar-refractivity contribution is -0.0211. The number of hydrogen-bond donors (Lipinski definition) is 0. The second-order valence-corrected chi connectivity index (χ2v) is 7.43. The maximum Gasteiger partial charge on any atom is 0.218 e. The van der Waals surface area contributed by atoms with Gasteiger partial charge in [-0.2, -0.15) is 5.10 Å². The first-order chi connectivity index (χ1) is 14.2. The molecular formula is C23H18ClFN2O2. The molecule has 0 spiro atoms. The molecule has 4 nitrogen and oxygen atoms in total. The smallest absolute Gasteiger partial charge is 0.218 e. The number of benzene rings is 3. The summed E-state index contributed by atoms with van der Waals surface area (Å²) in [4.78, 5) is 0. The van der Waals surface area contributed by atoms with Gasteiger partial charge in [-0.3, -0.25) is 0 Å². The fourth-order valence-electron chi connectivity index (χ4n) is 3.93. The zero-order valence-corrected chi connectivity index (χ0v) is 16.4. The maximum atomic E-state index is 14.7. The van der Waals surface area contributed by atoms with Crippen LogP contribution in [0.15, 0.2) is 71.8 Å². The summed E-state index contributed by atoms with van der Waals surface area (Å²) in [5.41, 5.74) is 3.24. The maximum absolute atomic E-state index is 14.7. The number of nitrogens with zero attached hydrogens (tertiary/aromatic N) is 2. The van der Waals surface area contributed by atoms with Crippen LogP contribution in [0.4, 0.5) is 4.39 Å². The fourth-order valence-corrected chi connectivity index (χ4v) is 4.19. The molecule has 0 saturated heterocycles. The van der Waals surface area contributed by atoms with Crippen molar-refractivity contribution in [1.82, 2.24) is 5.01 Å². The zero-order valence-electron chi connectivity index (χ0n) is 15.7. The summed E-state index contributed by atoms with van der Waals surface area (Å²) >= 11 is 6.36. The Balaban J connectivity index is 1.60. The van der Waals surface area contributed by atoms with Crippen molar-refractivity contribution in [2.24, 2.45) is 5.10 Å². The van der Waals surface area contributed by atoms with Gasteiger partial charge in [0.2, 0.25) is 6.23 Å². The van der Waals surface area contributed by atoms with E-state index in [9.17, 15) is 4.39 Å². The van der Waals surface area contributed by atoms with Crippen molar-refractivity contribution in [2.75, 3.05) is 7.11 Å². The lowest BCUT2D eigenvalue weighted by atomic mass is 9.96. The largest absolute Gasteiger partial charge is 0.497 e. The molecule has 0 saturated carbocycles.